The lowest BCUT2D eigenvalue weighted by molar-refractivity contribution is -0.124. The third-order valence-corrected chi connectivity index (χ3v) is 3.01. The summed E-state index contributed by atoms with van der Waals surface area (Å²) < 4.78 is 5.07. The van der Waals surface area contributed by atoms with Crippen molar-refractivity contribution >= 4 is 29.9 Å². The van der Waals surface area contributed by atoms with E-state index in [2.05, 4.69) is 5.32 Å². The molecule has 108 valence electrons. The molecule has 0 aliphatic carbocycles. The minimum Gasteiger partial charge on any atom is -0.380 e. The van der Waals surface area contributed by atoms with Gasteiger partial charge in [0.1, 0.15) is 0 Å². The molecule has 6 heteroatoms. The maximum absolute atomic E-state index is 11.7. The number of nitrogens with two attached hydrogens (primary N) is 1. The Morgan fingerprint density at radius 2 is 2.00 bits per heavy atom. The van der Waals surface area contributed by atoms with Gasteiger partial charge < -0.3 is 15.8 Å². The second-order valence-corrected chi connectivity index (χ2v) is 4.57. The molecular weight excluding hydrogens is 287 g/mol. The molecule has 0 aliphatic rings. The van der Waals surface area contributed by atoms with Crippen LogP contribution in [0.2, 0.25) is 5.02 Å². The number of nitrogens with one attached hydrogen (secondary N) is 1. The Morgan fingerprint density at radius 3 is 2.47 bits per heavy atom. The molecule has 2 unspecified atom stereocenters. The van der Waals surface area contributed by atoms with E-state index in [1.807, 2.05) is 19.1 Å². The summed E-state index contributed by atoms with van der Waals surface area (Å²) in [5.41, 5.74) is 6.48. The fraction of sp³-hybridized carbons (Fsp3) is 0.462. The van der Waals surface area contributed by atoms with Crippen molar-refractivity contribution in [2.75, 3.05) is 13.7 Å². The van der Waals surface area contributed by atoms with Crippen LogP contribution in [0, 0.1) is 0 Å². The lowest BCUT2D eigenvalue weighted by Gasteiger charge is -2.17. The lowest BCUT2D eigenvalue weighted by atomic mass is 10.1. The number of carbonyl (C=O) groups is 1. The molecule has 0 saturated carbocycles. The summed E-state index contributed by atoms with van der Waals surface area (Å²) in [6.07, 6.45) is 0.0349. The van der Waals surface area contributed by atoms with Crippen molar-refractivity contribution in [3.8, 4) is 0 Å². The van der Waals surface area contributed by atoms with E-state index in [0.29, 0.717) is 11.6 Å². The van der Waals surface area contributed by atoms with Crippen molar-refractivity contribution in [2.24, 2.45) is 5.73 Å². The van der Waals surface area contributed by atoms with Gasteiger partial charge in [0.15, 0.2) is 0 Å². The van der Waals surface area contributed by atoms with Crippen LogP contribution in [0.3, 0.4) is 0 Å². The Labute approximate surface area is 125 Å². The highest BCUT2D eigenvalue weighted by atomic mass is 35.5. The Hall–Kier alpha value is -0.810. The van der Waals surface area contributed by atoms with Gasteiger partial charge >= 0.3 is 0 Å². The fourth-order valence-corrected chi connectivity index (χ4v) is 1.73. The van der Waals surface area contributed by atoms with Gasteiger partial charge in [0, 0.05) is 18.7 Å². The number of halogens is 2. The number of ether oxygens (including phenoxy) is 1. The largest absolute Gasteiger partial charge is 0.380 e. The van der Waals surface area contributed by atoms with Crippen LogP contribution in [0.5, 0.6) is 0 Å². The van der Waals surface area contributed by atoms with Crippen molar-refractivity contribution < 1.29 is 9.53 Å². The first-order valence-electron chi connectivity index (χ1n) is 5.84. The second-order valence-electron chi connectivity index (χ2n) is 4.14. The van der Waals surface area contributed by atoms with E-state index in [9.17, 15) is 4.79 Å². The molecule has 1 rings (SSSR count). The summed E-state index contributed by atoms with van der Waals surface area (Å²) >= 11 is 5.81. The van der Waals surface area contributed by atoms with Gasteiger partial charge in [-0.05, 0) is 24.6 Å². The van der Waals surface area contributed by atoms with Gasteiger partial charge in [0.2, 0.25) is 5.91 Å². The summed E-state index contributed by atoms with van der Waals surface area (Å²) in [4.78, 5) is 11.7. The molecule has 1 amide bonds. The van der Waals surface area contributed by atoms with E-state index < -0.39 is 0 Å². The van der Waals surface area contributed by atoms with E-state index in [1.54, 1.807) is 19.2 Å². The van der Waals surface area contributed by atoms with Crippen molar-refractivity contribution in [1.82, 2.24) is 5.32 Å². The Kier molecular flexibility index (Phi) is 8.76. The van der Waals surface area contributed by atoms with Gasteiger partial charge in [-0.25, -0.2) is 0 Å². The van der Waals surface area contributed by atoms with E-state index in [4.69, 9.17) is 22.1 Å². The van der Waals surface area contributed by atoms with Gasteiger partial charge in [-0.2, -0.15) is 0 Å². The highest BCUT2D eigenvalue weighted by Crippen LogP contribution is 2.16. The highest BCUT2D eigenvalue weighted by molar-refractivity contribution is 6.30. The molecular formula is C13H20Cl2N2O2. The second kappa shape index (κ2) is 9.15. The summed E-state index contributed by atoms with van der Waals surface area (Å²) in [6, 6.07) is 7.33. The maximum Gasteiger partial charge on any atom is 0.223 e. The van der Waals surface area contributed by atoms with Gasteiger partial charge in [-0.15, -0.1) is 12.4 Å². The first-order valence-corrected chi connectivity index (χ1v) is 6.22. The fourth-order valence-electron chi connectivity index (χ4n) is 1.60. The van der Waals surface area contributed by atoms with Gasteiger partial charge in [0.05, 0.1) is 18.6 Å². The van der Waals surface area contributed by atoms with Crippen LogP contribution in [0.1, 0.15) is 24.9 Å². The lowest BCUT2D eigenvalue weighted by Crippen LogP contribution is -2.33. The van der Waals surface area contributed by atoms with Crippen LogP contribution < -0.4 is 11.1 Å². The number of benzene rings is 1. The van der Waals surface area contributed by atoms with Gasteiger partial charge in [0.25, 0.3) is 0 Å². The van der Waals surface area contributed by atoms with Gasteiger partial charge in [-0.1, -0.05) is 23.7 Å². The Bertz CT molecular complexity index is 381. The van der Waals surface area contributed by atoms with Gasteiger partial charge in [-0.3, -0.25) is 4.79 Å². The van der Waals surface area contributed by atoms with Crippen LogP contribution in [0.4, 0.5) is 0 Å². The van der Waals surface area contributed by atoms with Crippen LogP contribution >= 0.6 is 24.0 Å². The average Bonchev–Trinajstić information content (AvgIpc) is 2.36. The Balaban J connectivity index is 0.00000324. The number of hydrogen-bond acceptors (Lipinski definition) is 3. The molecule has 0 aliphatic heterocycles. The van der Waals surface area contributed by atoms with Crippen molar-refractivity contribution in [3.05, 3.63) is 34.9 Å². The molecule has 19 heavy (non-hydrogen) atoms. The minimum absolute atomic E-state index is 0. The summed E-state index contributed by atoms with van der Waals surface area (Å²) in [5.74, 6) is -0.0743. The number of hydrogen-bond donors (Lipinski definition) is 2. The van der Waals surface area contributed by atoms with Crippen LogP contribution in [-0.4, -0.2) is 25.7 Å². The topological polar surface area (TPSA) is 64.3 Å². The monoisotopic (exact) mass is 306 g/mol. The molecule has 0 fully saturated rings. The first-order chi connectivity index (χ1) is 8.56. The third kappa shape index (κ3) is 6.25. The van der Waals surface area contributed by atoms with E-state index in [0.717, 1.165) is 5.56 Å². The van der Waals surface area contributed by atoms with E-state index >= 15 is 0 Å². The molecule has 2 atom stereocenters. The summed E-state index contributed by atoms with van der Waals surface area (Å²) in [5, 5.41) is 3.58. The zero-order chi connectivity index (χ0) is 13.5. The van der Waals surface area contributed by atoms with Crippen LogP contribution in [0.25, 0.3) is 0 Å². The molecule has 1 aromatic rings. The quantitative estimate of drug-likeness (QED) is 0.847. The van der Waals surface area contributed by atoms with Crippen LogP contribution in [0.15, 0.2) is 24.3 Å². The zero-order valence-corrected chi connectivity index (χ0v) is 12.6. The van der Waals surface area contributed by atoms with Crippen molar-refractivity contribution in [1.29, 1.82) is 0 Å². The molecule has 0 bridgehead atoms. The molecule has 0 spiro atoms. The average molecular weight is 307 g/mol. The highest BCUT2D eigenvalue weighted by Gasteiger charge is 2.14. The molecule has 0 radical (unpaired) electrons. The predicted molar refractivity (Wildman–Crippen MR) is 79.7 cm³/mol. The molecule has 0 aromatic heterocycles. The molecule has 0 heterocycles. The standard InChI is InChI=1S/C13H19ClN2O2.ClH/c1-9(10-3-5-11(14)6-4-10)16-13(17)7-12(8-15)18-2;/h3-6,9,12H,7-8,15H2,1-2H3,(H,16,17);1H. The van der Waals surface area contributed by atoms with Crippen molar-refractivity contribution in [3.63, 3.8) is 0 Å². The minimum atomic E-state index is -0.234. The first kappa shape index (κ1) is 18.2. The van der Waals surface area contributed by atoms with Crippen molar-refractivity contribution in [2.45, 2.75) is 25.5 Å². The smallest absolute Gasteiger partial charge is 0.223 e. The maximum atomic E-state index is 11.7. The number of carbonyl (C=O) groups excluding carboxylic acids is 1. The number of amides is 1. The van der Waals surface area contributed by atoms with E-state index in [-0.39, 0.29) is 36.9 Å². The normalized spacial score (nSPS) is 13.3. The molecule has 3 N–H and O–H groups in total. The number of methoxy groups -OCH3 is 1. The summed E-state index contributed by atoms with van der Waals surface area (Å²) in [6.45, 7) is 2.25. The van der Waals surface area contributed by atoms with E-state index in [1.165, 1.54) is 0 Å². The molecule has 4 nitrogen and oxygen atoms in total. The molecule has 1 aromatic carbocycles. The number of rotatable bonds is 6. The zero-order valence-electron chi connectivity index (χ0n) is 11.1. The SMILES string of the molecule is COC(CN)CC(=O)NC(C)c1ccc(Cl)cc1.Cl. The summed E-state index contributed by atoms with van der Waals surface area (Å²) in [7, 11) is 1.55. The Morgan fingerprint density at radius 1 is 1.42 bits per heavy atom. The predicted octanol–water partition coefficient (Wildman–Crippen LogP) is 2.30. The third-order valence-electron chi connectivity index (χ3n) is 2.76. The molecule has 0 saturated heterocycles. The van der Waals surface area contributed by atoms with Crippen LogP contribution in [-0.2, 0) is 9.53 Å².